The topological polar surface area (TPSA) is 21.3 Å². The zero-order valence-electron chi connectivity index (χ0n) is 34.4. The minimum atomic E-state index is 0.887. The van der Waals surface area contributed by atoms with Crippen molar-refractivity contribution in [2.24, 2.45) is 0 Å². The molecule has 0 unspecified atom stereocenters. The molecule has 0 fully saturated rings. The van der Waals surface area contributed by atoms with Crippen LogP contribution in [0.5, 0.6) is 0 Å². The Hall–Kier alpha value is -8.40. The van der Waals surface area contributed by atoms with Crippen molar-refractivity contribution in [2.45, 2.75) is 0 Å². The number of aromatic nitrogens is 1. The lowest BCUT2D eigenvalue weighted by Crippen LogP contribution is -2.10. The van der Waals surface area contributed by atoms with Crippen molar-refractivity contribution in [1.82, 2.24) is 4.57 Å². The Labute approximate surface area is 366 Å². The lowest BCUT2D eigenvalue weighted by Gasteiger charge is -2.26. The van der Waals surface area contributed by atoms with E-state index in [0.717, 1.165) is 66.8 Å². The molecule has 12 aromatic rings. The van der Waals surface area contributed by atoms with Gasteiger partial charge in [0.1, 0.15) is 11.2 Å². The van der Waals surface area contributed by atoms with Gasteiger partial charge in [-0.2, -0.15) is 0 Å². The largest absolute Gasteiger partial charge is 0.456 e. The molecule has 10 aromatic carbocycles. The van der Waals surface area contributed by atoms with Crippen LogP contribution < -0.4 is 4.90 Å². The SMILES string of the molecule is c1ccc(-c2ccc(N(c3ccc(-c4ccccc4)cc3)c3cccc(-c4cccc(-c5cccc6c5c5ccccc5n6-c5ccc6c(c5)oc5ccccc56)c4)c3)cc2)cc1. The second-order valence-electron chi connectivity index (χ2n) is 16.1. The van der Waals surface area contributed by atoms with Crippen molar-refractivity contribution in [3.8, 4) is 50.2 Å². The maximum atomic E-state index is 6.36. The van der Waals surface area contributed by atoms with Crippen LogP contribution in [0.1, 0.15) is 0 Å². The number of para-hydroxylation sites is 2. The molecule has 3 heteroatoms. The van der Waals surface area contributed by atoms with Crippen molar-refractivity contribution in [3.05, 3.63) is 243 Å². The molecule has 0 amide bonds. The predicted octanol–water partition coefficient (Wildman–Crippen LogP) is 16.8. The number of benzene rings is 10. The zero-order chi connectivity index (χ0) is 41.7. The molecule has 63 heavy (non-hydrogen) atoms. The summed E-state index contributed by atoms with van der Waals surface area (Å²) in [4.78, 5) is 2.36. The average Bonchev–Trinajstić information content (AvgIpc) is 3.91. The molecule has 0 atom stereocenters. The van der Waals surface area contributed by atoms with Crippen LogP contribution in [0.15, 0.2) is 247 Å². The molecule has 2 aromatic heterocycles. The standard InChI is InChI=1S/C60H40N2O/c1-3-14-41(15-4-1)43-28-32-48(33-29-43)61(49-34-30-44(31-35-49)42-16-5-2-6-17-42)50-21-12-19-46(39-50)45-18-11-20-47(38-45)52-24-13-26-57-60(52)55-23-7-9-25-56(55)62(57)51-36-37-54-53-22-8-10-27-58(53)63-59(54)40-51/h1-40H. The summed E-state index contributed by atoms with van der Waals surface area (Å²) in [5.41, 5.74) is 17.9. The van der Waals surface area contributed by atoms with Crippen LogP contribution in [-0.2, 0) is 0 Å². The Morgan fingerprint density at radius 2 is 0.825 bits per heavy atom. The van der Waals surface area contributed by atoms with E-state index in [1.165, 1.54) is 44.2 Å². The highest BCUT2D eigenvalue weighted by atomic mass is 16.3. The third-order valence-corrected chi connectivity index (χ3v) is 12.4. The lowest BCUT2D eigenvalue weighted by molar-refractivity contribution is 0.668. The summed E-state index contributed by atoms with van der Waals surface area (Å²) in [6.45, 7) is 0. The Balaban J connectivity index is 0.949. The number of anilines is 3. The maximum Gasteiger partial charge on any atom is 0.137 e. The van der Waals surface area contributed by atoms with Crippen LogP contribution in [0.25, 0.3) is 93.9 Å². The van der Waals surface area contributed by atoms with Gasteiger partial charge in [0.25, 0.3) is 0 Å². The van der Waals surface area contributed by atoms with Crippen LogP contribution in [-0.4, -0.2) is 4.57 Å². The van der Waals surface area contributed by atoms with Gasteiger partial charge < -0.3 is 13.9 Å². The third kappa shape index (κ3) is 6.46. The van der Waals surface area contributed by atoms with Crippen molar-refractivity contribution in [3.63, 3.8) is 0 Å². The quantitative estimate of drug-likeness (QED) is 0.153. The highest BCUT2D eigenvalue weighted by molar-refractivity contribution is 6.16. The van der Waals surface area contributed by atoms with E-state index in [1.807, 2.05) is 12.1 Å². The average molecular weight is 805 g/mol. The van der Waals surface area contributed by atoms with Gasteiger partial charge in [-0.05, 0) is 117 Å². The fourth-order valence-corrected chi connectivity index (χ4v) is 9.40. The number of hydrogen-bond acceptors (Lipinski definition) is 2. The van der Waals surface area contributed by atoms with Crippen LogP contribution in [0, 0.1) is 0 Å². The molecule has 0 spiro atoms. The molecule has 0 saturated heterocycles. The maximum absolute atomic E-state index is 6.36. The van der Waals surface area contributed by atoms with E-state index in [4.69, 9.17) is 4.42 Å². The normalized spacial score (nSPS) is 11.5. The molecule has 0 bridgehead atoms. The number of furan rings is 1. The van der Waals surface area contributed by atoms with E-state index >= 15 is 0 Å². The molecule has 0 radical (unpaired) electrons. The fraction of sp³-hybridized carbons (Fsp3) is 0. The molecule has 3 nitrogen and oxygen atoms in total. The van der Waals surface area contributed by atoms with Gasteiger partial charge >= 0.3 is 0 Å². The summed E-state index contributed by atoms with van der Waals surface area (Å²) in [5, 5.41) is 4.71. The second-order valence-corrected chi connectivity index (χ2v) is 16.1. The van der Waals surface area contributed by atoms with E-state index in [9.17, 15) is 0 Å². The molecule has 0 N–H and O–H groups in total. The zero-order valence-corrected chi connectivity index (χ0v) is 34.4. The van der Waals surface area contributed by atoms with Crippen LogP contribution in [0.3, 0.4) is 0 Å². The molecule has 296 valence electrons. The molecule has 0 aliphatic rings. The summed E-state index contributed by atoms with van der Waals surface area (Å²) in [6.07, 6.45) is 0. The molecule has 0 aliphatic carbocycles. The molecule has 12 rings (SSSR count). The minimum Gasteiger partial charge on any atom is -0.456 e. The fourth-order valence-electron chi connectivity index (χ4n) is 9.40. The van der Waals surface area contributed by atoms with Gasteiger partial charge in [-0.15, -0.1) is 0 Å². The lowest BCUT2D eigenvalue weighted by atomic mass is 9.95. The van der Waals surface area contributed by atoms with Crippen LogP contribution in [0.4, 0.5) is 17.1 Å². The molecule has 0 aliphatic heterocycles. The predicted molar refractivity (Wildman–Crippen MR) is 264 cm³/mol. The first-order valence-corrected chi connectivity index (χ1v) is 21.5. The summed E-state index contributed by atoms with van der Waals surface area (Å²) < 4.78 is 8.74. The smallest absolute Gasteiger partial charge is 0.137 e. The third-order valence-electron chi connectivity index (χ3n) is 12.4. The van der Waals surface area contributed by atoms with Crippen molar-refractivity contribution < 1.29 is 4.42 Å². The Morgan fingerprint density at radius 1 is 0.302 bits per heavy atom. The highest BCUT2D eigenvalue weighted by Gasteiger charge is 2.19. The van der Waals surface area contributed by atoms with Gasteiger partial charge in [-0.3, -0.25) is 0 Å². The Morgan fingerprint density at radius 3 is 1.54 bits per heavy atom. The van der Waals surface area contributed by atoms with Crippen molar-refractivity contribution >= 4 is 60.8 Å². The molecular weight excluding hydrogens is 765 g/mol. The van der Waals surface area contributed by atoms with Crippen molar-refractivity contribution in [2.75, 3.05) is 4.90 Å². The molecule has 2 heterocycles. The van der Waals surface area contributed by atoms with Gasteiger partial charge in [-0.25, -0.2) is 0 Å². The first kappa shape index (κ1) is 36.5. The highest BCUT2D eigenvalue weighted by Crippen LogP contribution is 2.42. The van der Waals surface area contributed by atoms with Crippen LogP contribution in [0.2, 0.25) is 0 Å². The van der Waals surface area contributed by atoms with E-state index in [1.54, 1.807) is 0 Å². The Kier molecular flexibility index (Phi) is 8.83. The summed E-state index contributed by atoms with van der Waals surface area (Å²) in [7, 11) is 0. The number of rotatable bonds is 8. The number of nitrogens with zero attached hydrogens (tertiary/aromatic N) is 2. The van der Waals surface area contributed by atoms with E-state index < -0.39 is 0 Å². The summed E-state index contributed by atoms with van der Waals surface area (Å²) >= 11 is 0. The van der Waals surface area contributed by atoms with E-state index in [2.05, 4.69) is 240 Å². The van der Waals surface area contributed by atoms with E-state index in [-0.39, 0.29) is 0 Å². The molecule has 0 saturated carbocycles. The molecular formula is C60H40N2O. The number of hydrogen-bond donors (Lipinski definition) is 0. The summed E-state index contributed by atoms with van der Waals surface area (Å²) in [5.74, 6) is 0. The van der Waals surface area contributed by atoms with Gasteiger partial charge in [0.2, 0.25) is 0 Å². The van der Waals surface area contributed by atoms with Crippen LogP contribution >= 0.6 is 0 Å². The minimum absolute atomic E-state index is 0.887. The number of fused-ring (bicyclic) bond motifs is 6. The van der Waals surface area contributed by atoms with Gasteiger partial charge in [0.15, 0.2) is 0 Å². The van der Waals surface area contributed by atoms with Crippen molar-refractivity contribution in [1.29, 1.82) is 0 Å². The van der Waals surface area contributed by atoms with Gasteiger partial charge in [-0.1, -0.05) is 164 Å². The first-order valence-electron chi connectivity index (χ1n) is 21.5. The van der Waals surface area contributed by atoms with E-state index in [0.29, 0.717) is 0 Å². The van der Waals surface area contributed by atoms with Gasteiger partial charge in [0.05, 0.1) is 11.0 Å². The monoisotopic (exact) mass is 804 g/mol. The Bertz CT molecular complexity index is 3520. The summed E-state index contributed by atoms with van der Waals surface area (Å²) in [6, 6.07) is 87.1. The second kappa shape index (κ2) is 15.3. The first-order chi connectivity index (χ1) is 31.2. The van der Waals surface area contributed by atoms with Gasteiger partial charge in [0, 0.05) is 50.4 Å².